The molecule has 0 bridgehead atoms. The maximum absolute atomic E-state index is 10.8. The van der Waals surface area contributed by atoms with Crippen molar-refractivity contribution in [1.29, 1.82) is 0 Å². The number of anilines is 1. The van der Waals surface area contributed by atoms with Gasteiger partial charge in [0, 0.05) is 12.0 Å². The fourth-order valence-electron chi connectivity index (χ4n) is 3.75. The molecule has 1 saturated carbocycles. The topological polar surface area (TPSA) is 220 Å². The van der Waals surface area contributed by atoms with Crippen LogP contribution in [0.4, 0.5) is 5.82 Å². The number of imidazole rings is 1. The zero-order valence-corrected chi connectivity index (χ0v) is 15.0. The normalized spacial score (nSPS) is 28.3. The van der Waals surface area contributed by atoms with E-state index in [1.165, 1.54) is 12.7 Å². The van der Waals surface area contributed by atoms with Crippen molar-refractivity contribution in [2.24, 2.45) is 17.4 Å². The number of aliphatic hydroxyl groups is 3. The lowest BCUT2D eigenvalue weighted by Gasteiger charge is -2.27. The Morgan fingerprint density at radius 3 is 2.61 bits per heavy atom. The molecule has 0 aromatic carbocycles. The molecule has 1 aliphatic carbocycles. The van der Waals surface area contributed by atoms with Crippen molar-refractivity contribution >= 4 is 23.0 Å². The van der Waals surface area contributed by atoms with E-state index in [1.807, 2.05) is 0 Å². The van der Waals surface area contributed by atoms with Crippen LogP contribution in [0.3, 0.4) is 0 Å². The fraction of sp³-hybridized carbons (Fsp3) is 0.625. The third-order valence-corrected chi connectivity index (χ3v) is 5.45. The molecule has 154 valence electrons. The van der Waals surface area contributed by atoms with Crippen molar-refractivity contribution < 1.29 is 25.2 Å². The lowest BCUT2D eigenvalue weighted by atomic mass is 9.90. The first-order chi connectivity index (χ1) is 13.2. The molecule has 10 N–H and O–H groups in total. The van der Waals surface area contributed by atoms with Crippen LogP contribution in [0, 0.1) is 5.92 Å². The molecule has 0 radical (unpaired) electrons. The third kappa shape index (κ3) is 3.64. The number of carboxylic acid groups (broad SMARTS) is 1. The maximum Gasteiger partial charge on any atom is 0.320 e. The Morgan fingerprint density at radius 2 is 1.93 bits per heavy atom. The average molecular weight is 395 g/mol. The van der Waals surface area contributed by atoms with Gasteiger partial charge in [-0.25, -0.2) is 15.0 Å². The second-order valence-electron chi connectivity index (χ2n) is 7.21. The van der Waals surface area contributed by atoms with Crippen molar-refractivity contribution in [3.63, 3.8) is 0 Å². The minimum absolute atomic E-state index is 0.0880. The Morgan fingerprint density at radius 1 is 1.21 bits per heavy atom. The minimum Gasteiger partial charge on any atom is -0.480 e. The number of rotatable bonds is 7. The molecule has 7 atom stereocenters. The summed E-state index contributed by atoms with van der Waals surface area (Å²) in [5.74, 6) is -1.66. The van der Waals surface area contributed by atoms with Crippen LogP contribution >= 0.6 is 0 Å². The van der Waals surface area contributed by atoms with Crippen molar-refractivity contribution in [3.05, 3.63) is 12.7 Å². The molecule has 1 unspecified atom stereocenters. The van der Waals surface area contributed by atoms with E-state index in [-0.39, 0.29) is 25.1 Å². The first-order valence-corrected chi connectivity index (χ1v) is 8.93. The summed E-state index contributed by atoms with van der Waals surface area (Å²) >= 11 is 0. The van der Waals surface area contributed by atoms with Gasteiger partial charge in [-0.1, -0.05) is 0 Å². The number of carboxylic acids is 1. The molecule has 12 nitrogen and oxygen atoms in total. The van der Waals surface area contributed by atoms with Gasteiger partial charge >= 0.3 is 5.97 Å². The number of nitrogens with zero attached hydrogens (tertiary/aromatic N) is 4. The number of hydrogen-bond acceptors (Lipinski definition) is 10. The number of aliphatic hydroxyl groups excluding tert-OH is 3. The van der Waals surface area contributed by atoms with Crippen LogP contribution in [0.15, 0.2) is 12.7 Å². The van der Waals surface area contributed by atoms with Crippen LogP contribution in [-0.4, -0.2) is 76.3 Å². The monoisotopic (exact) mass is 395 g/mol. The van der Waals surface area contributed by atoms with Crippen LogP contribution in [0.5, 0.6) is 0 Å². The molecule has 1 aliphatic rings. The average Bonchev–Trinajstić information content (AvgIpc) is 3.21. The van der Waals surface area contributed by atoms with E-state index in [2.05, 4.69) is 15.0 Å². The summed E-state index contributed by atoms with van der Waals surface area (Å²) in [7, 11) is 0. The van der Waals surface area contributed by atoms with Gasteiger partial charge in [0.15, 0.2) is 11.5 Å². The van der Waals surface area contributed by atoms with Crippen LogP contribution in [-0.2, 0) is 4.79 Å². The number of aliphatic carboxylic acids is 1. The molecular formula is C16H25N7O5. The summed E-state index contributed by atoms with van der Waals surface area (Å²) in [6.07, 6.45) is -0.348. The van der Waals surface area contributed by atoms with Crippen LogP contribution in [0.25, 0.3) is 11.2 Å². The van der Waals surface area contributed by atoms with Crippen molar-refractivity contribution in [2.45, 2.75) is 55.7 Å². The van der Waals surface area contributed by atoms with Gasteiger partial charge in [0.05, 0.1) is 24.6 Å². The third-order valence-electron chi connectivity index (χ3n) is 5.45. The summed E-state index contributed by atoms with van der Waals surface area (Å²) in [4.78, 5) is 23.0. The minimum atomic E-state index is -1.23. The van der Waals surface area contributed by atoms with E-state index in [1.54, 1.807) is 4.57 Å². The number of aromatic nitrogens is 4. The highest BCUT2D eigenvalue weighted by Gasteiger charge is 2.47. The SMILES string of the molecule is Nc1ncnc2c1ncn2[C@@H]1C[C@H](C(O)[C@@H](N)CC[C@H](N)C(=O)O)[C@@H](O)[C@H]1O. The standard InChI is InChI=1S/C16H25N7O5/c17-7(1-2-8(18)16(27)28)11(24)6-3-9(13(26)12(6)25)23-5-22-10-14(19)20-4-21-15(10)23/h4-9,11-13,24-26H,1-3,17-18H2,(H,27,28)(H2,19,20,21)/t6-,7+,8+,9-,11?,12-,13+/m1/s1. The largest absolute Gasteiger partial charge is 0.480 e. The number of nitrogens with two attached hydrogens (primary N) is 3. The summed E-state index contributed by atoms with van der Waals surface area (Å²) in [5.41, 5.74) is 18.0. The lowest BCUT2D eigenvalue weighted by Crippen LogP contribution is -2.45. The highest BCUT2D eigenvalue weighted by Crippen LogP contribution is 2.39. The number of hydrogen-bond donors (Lipinski definition) is 7. The maximum atomic E-state index is 10.8. The first-order valence-electron chi connectivity index (χ1n) is 8.93. The van der Waals surface area contributed by atoms with Gasteiger partial charge in [0.25, 0.3) is 0 Å². The number of fused-ring (bicyclic) bond motifs is 1. The summed E-state index contributed by atoms with van der Waals surface area (Å²) in [6, 6.07) is -2.47. The molecule has 3 rings (SSSR count). The predicted octanol–water partition coefficient (Wildman–Crippen LogP) is -2.43. The molecule has 0 spiro atoms. The molecule has 28 heavy (non-hydrogen) atoms. The Balaban J connectivity index is 1.74. The summed E-state index contributed by atoms with van der Waals surface area (Å²) < 4.78 is 1.60. The Labute approximate surface area is 160 Å². The second kappa shape index (κ2) is 7.93. The van der Waals surface area contributed by atoms with Gasteiger partial charge in [-0.05, 0) is 19.3 Å². The van der Waals surface area contributed by atoms with Crippen molar-refractivity contribution in [3.8, 4) is 0 Å². The van der Waals surface area contributed by atoms with Gasteiger partial charge < -0.3 is 42.2 Å². The van der Waals surface area contributed by atoms with Gasteiger partial charge in [-0.2, -0.15) is 0 Å². The highest BCUT2D eigenvalue weighted by molar-refractivity contribution is 5.81. The molecule has 1 fully saturated rings. The molecule has 2 aromatic heterocycles. The Bertz CT molecular complexity index is 846. The quantitative estimate of drug-likeness (QED) is 0.261. The second-order valence-corrected chi connectivity index (χ2v) is 7.21. The van der Waals surface area contributed by atoms with Crippen molar-refractivity contribution in [1.82, 2.24) is 19.5 Å². The van der Waals surface area contributed by atoms with E-state index in [4.69, 9.17) is 22.3 Å². The van der Waals surface area contributed by atoms with E-state index >= 15 is 0 Å². The molecule has 0 saturated heterocycles. The van der Waals surface area contributed by atoms with Gasteiger partial charge in [-0.15, -0.1) is 0 Å². The van der Waals surface area contributed by atoms with Crippen LogP contribution < -0.4 is 17.2 Å². The number of carbonyl (C=O) groups is 1. The molecule has 0 amide bonds. The van der Waals surface area contributed by atoms with Crippen LogP contribution in [0.2, 0.25) is 0 Å². The van der Waals surface area contributed by atoms with Crippen molar-refractivity contribution in [2.75, 3.05) is 5.73 Å². The molecule has 0 aliphatic heterocycles. The lowest BCUT2D eigenvalue weighted by molar-refractivity contribution is -0.138. The van der Waals surface area contributed by atoms with E-state index in [9.17, 15) is 20.1 Å². The van der Waals surface area contributed by atoms with Crippen LogP contribution in [0.1, 0.15) is 25.3 Å². The smallest absolute Gasteiger partial charge is 0.320 e. The van der Waals surface area contributed by atoms with E-state index in [0.29, 0.717) is 11.2 Å². The zero-order chi connectivity index (χ0) is 20.6. The number of nitrogen functional groups attached to an aromatic ring is 1. The zero-order valence-electron chi connectivity index (χ0n) is 15.0. The van der Waals surface area contributed by atoms with E-state index < -0.39 is 48.3 Å². The fourth-order valence-corrected chi connectivity index (χ4v) is 3.75. The van der Waals surface area contributed by atoms with Gasteiger partial charge in [-0.3, -0.25) is 4.79 Å². The molecule has 12 heteroatoms. The first kappa shape index (κ1) is 20.4. The summed E-state index contributed by atoms with van der Waals surface area (Å²) in [6.45, 7) is 0. The molecule has 2 aromatic rings. The molecular weight excluding hydrogens is 370 g/mol. The summed E-state index contributed by atoms with van der Waals surface area (Å²) in [5, 5.41) is 40.4. The van der Waals surface area contributed by atoms with Gasteiger partial charge in [0.1, 0.15) is 24.0 Å². The molecule has 2 heterocycles. The Kier molecular flexibility index (Phi) is 5.76. The Hall–Kier alpha value is -2.38. The predicted molar refractivity (Wildman–Crippen MR) is 97.7 cm³/mol. The highest BCUT2D eigenvalue weighted by atomic mass is 16.4. The van der Waals surface area contributed by atoms with E-state index in [0.717, 1.165) is 0 Å². The van der Waals surface area contributed by atoms with Gasteiger partial charge in [0.2, 0.25) is 0 Å².